The van der Waals surface area contributed by atoms with Gasteiger partial charge in [-0.2, -0.15) is 0 Å². The molecule has 1 heterocycles. The lowest BCUT2D eigenvalue weighted by Gasteiger charge is -2.35. The van der Waals surface area contributed by atoms with Gasteiger partial charge >= 0.3 is 0 Å². The lowest BCUT2D eigenvalue weighted by atomic mass is 9.66. The van der Waals surface area contributed by atoms with Crippen molar-refractivity contribution in [3.05, 3.63) is 234 Å². The quantitative estimate of drug-likeness (QED) is 0.171. The number of anilines is 3. The van der Waals surface area contributed by atoms with E-state index < -0.39 is 35.6 Å². The van der Waals surface area contributed by atoms with Gasteiger partial charge < -0.3 is 9.32 Å². The van der Waals surface area contributed by atoms with Crippen LogP contribution in [-0.2, 0) is 5.41 Å². The van der Waals surface area contributed by atoms with Crippen molar-refractivity contribution in [3.8, 4) is 22.3 Å². The number of nitrogens with zero attached hydrogens (tertiary/aromatic N) is 1. The fourth-order valence-electron chi connectivity index (χ4n) is 8.65. The maximum absolute atomic E-state index is 9.82. The highest BCUT2D eigenvalue weighted by Crippen LogP contribution is 2.58. The normalized spacial score (nSPS) is 16.4. The van der Waals surface area contributed by atoms with E-state index in [1.54, 1.807) is 0 Å². The molecule has 0 bridgehead atoms. The van der Waals surface area contributed by atoms with Crippen molar-refractivity contribution in [1.82, 2.24) is 0 Å². The van der Waals surface area contributed by atoms with E-state index in [2.05, 4.69) is 83.8 Å². The molecule has 1 atom stereocenters. The van der Waals surface area contributed by atoms with E-state index in [4.69, 9.17) is 9.90 Å². The van der Waals surface area contributed by atoms with E-state index in [-0.39, 0.29) is 28.4 Å². The SMILES string of the molecule is [2H]c1c([2H])c([2H])c2c(C3(c4ccc5oc6ccccc6c5c4)c4ccccc4-c4cc(N(c5ccccc5)c5ccc(-c6ccccc6)cc5)ccc43)c([2H])c([2H])c([2H])c2c1[2H]. The maximum Gasteiger partial charge on any atom is 0.135 e. The standard InChI is InChI=1S/C53H35NO/c1-3-14-36(15-4-1)37-26-29-41(30-27-37)54(40-18-5-2-6-19-40)42-31-32-50-46(35-42)44-21-9-11-23-49(44)53(50,48-24-13-17-38-16-7-8-20-43(38)48)39-28-33-52-47(34-39)45-22-10-12-25-51(45)55-52/h1-35H/i7D,8D,13D,16D,17D,20D,24D. The van der Waals surface area contributed by atoms with Gasteiger partial charge in [-0.15, -0.1) is 0 Å². The van der Waals surface area contributed by atoms with Crippen molar-refractivity contribution >= 4 is 49.8 Å². The molecule has 55 heavy (non-hydrogen) atoms. The molecular weight excluding hydrogens is 667 g/mol. The second-order valence-corrected chi connectivity index (χ2v) is 13.9. The van der Waals surface area contributed by atoms with Crippen molar-refractivity contribution in [3.63, 3.8) is 0 Å². The Kier molecular flexibility index (Phi) is 5.66. The number of para-hydroxylation sites is 2. The molecule has 1 aromatic heterocycles. The third-order valence-electron chi connectivity index (χ3n) is 11.0. The molecule has 2 heteroatoms. The van der Waals surface area contributed by atoms with Crippen LogP contribution in [0.15, 0.2) is 217 Å². The summed E-state index contributed by atoms with van der Waals surface area (Å²) in [6.45, 7) is 0. The average molecular weight is 709 g/mol. The minimum Gasteiger partial charge on any atom is -0.456 e. The third-order valence-corrected chi connectivity index (χ3v) is 11.0. The molecule has 1 aliphatic rings. The fraction of sp³-hybridized carbons (Fsp3) is 0.0189. The van der Waals surface area contributed by atoms with Crippen molar-refractivity contribution in [1.29, 1.82) is 0 Å². The predicted octanol–water partition coefficient (Wildman–Crippen LogP) is 14.2. The minimum atomic E-state index is -1.39. The Labute approximate surface area is 330 Å². The van der Waals surface area contributed by atoms with Crippen LogP contribution in [0.1, 0.15) is 31.8 Å². The first-order valence-electron chi connectivity index (χ1n) is 21.9. The lowest BCUT2D eigenvalue weighted by Crippen LogP contribution is -2.29. The summed E-state index contributed by atoms with van der Waals surface area (Å²) in [5.74, 6) is 0. The summed E-state index contributed by atoms with van der Waals surface area (Å²) in [6, 6.07) is 54.1. The Morgan fingerprint density at radius 1 is 0.418 bits per heavy atom. The zero-order chi connectivity index (χ0) is 42.4. The molecule has 0 spiro atoms. The molecule has 0 N–H and O–H groups in total. The van der Waals surface area contributed by atoms with Crippen LogP contribution in [0.2, 0.25) is 0 Å². The van der Waals surface area contributed by atoms with Crippen LogP contribution in [0.4, 0.5) is 17.1 Å². The second-order valence-electron chi connectivity index (χ2n) is 13.9. The Hall–Kier alpha value is -7.16. The van der Waals surface area contributed by atoms with Gasteiger partial charge in [0.25, 0.3) is 0 Å². The number of benzene rings is 9. The molecule has 0 saturated carbocycles. The number of furan rings is 1. The summed E-state index contributed by atoms with van der Waals surface area (Å²) in [5, 5.41) is 1.71. The molecule has 0 amide bonds. The van der Waals surface area contributed by atoms with Crippen molar-refractivity contribution in [2.45, 2.75) is 5.41 Å². The summed E-state index contributed by atoms with van der Waals surface area (Å²) in [4.78, 5) is 2.21. The molecule has 0 fully saturated rings. The van der Waals surface area contributed by atoms with E-state index in [9.17, 15) is 4.11 Å². The first kappa shape index (κ1) is 25.0. The topological polar surface area (TPSA) is 16.4 Å². The van der Waals surface area contributed by atoms with Crippen LogP contribution in [0.3, 0.4) is 0 Å². The summed E-state index contributed by atoms with van der Waals surface area (Å²) < 4.78 is 70.5. The highest BCUT2D eigenvalue weighted by atomic mass is 16.3. The number of hydrogen-bond acceptors (Lipinski definition) is 2. The monoisotopic (exact) mass is 708 g/mol. The Balaban J connectivity index is 1.24. The summed E-state index contributed by atoms with van der Waals surface area (Å²) in [5.41, 5.74) is 9.28. The predicted molar refractivity (Wildman–Crippen MR) is 229 cm³/mol. The van der Waals surface area contributed by atoms with Crippen LogP contribution in [0, 0.1) is 0 Å². The van der Waals surface area contributed by atoms with E-state index >= 15 is 0 Å². The molecule has 2 nitrogen and oxygen atoms in total. The lowest BCUT2D eigenvalue weighted by molar-refractivity contribution is 0.668. The molecule has 0 saturated heterocycles. The number of hydrogen-bond donors (Lipinski definition) is 0. The van der Waals surface area contributed by atoms with Gasteiger partial charge in [0.15, 0.2) is 0 Å². The molecule has 1 unspecified atom stereocenters. The smallest absolute Gasteiger partial charge is 0.135 e. The Morgan fingerprint density at radius 2 is 1.07 bits per heavy atom. The molecule has 0 aliphatic heterocycles. The summed E-state index contributed by atoms with van der Waals surface area (Å²) in [7, 11) is 0. The van der Waals surface area contributed by atoms with Gasteiger partial charge in [-0.25, -0.2) is 0 Å². The number of fused-ring (bicyclic) bond motifs is 7. The minimum absolute atomic E-state index is 0.0512. The van der Waals surface area contributed by atoms with Gasteiger partial charge in [0.1, 0.15) is 11.2 Å². The van der Waals surface area contributed by atoms with Gasteiger partial charge in [0.2, 0.25) is 0 Å². The van der Waals surface area contributed by atoms with Crippen LogP contribution >= 0.6 is 0 Å². The maximum atomic E-state index is 9.82. The molecule has 9 aromatic carbocycles. The molecule has 11 rings (SSSR count). The third kappa shape index (κ3) is 4.82. The number of rotatable bonds is 6. The van der Waals surface area contributed by atoms with Gasteiger partial charge in [-0.05, 0) is 110 Å². The molecule has 1 aliphatic carbocycles. The van der Waals surface area contributed by atoms with Crippen LogP contribution < -0.4 is 4.90 Å². The summed E-state index contributed by atoms with van der Waals surface area (Å²) >= 11 is 0. The van der Waals surface area contributed by atoms with E-state index in [0.717, 1.165) is 72.4 Å². The highest BCUT2D eigenvalue weighted by molar-refractivity contribution is 6.06. The van der Waals surface area contributed by atoms with Crippen molar-refractivity contribution in [2.75, 3.05) is 4.90 Å². The van der Waals surface area contributed by atoms with Crippen LogP contribution in [0.25, 0.3) is 55.0 Å². The zero-order valence-corrected chi connectivity index (χ0v) is 29.5. The summed E-state index contributed by atoms with van der Waals surface area (Å²) in [6.07, 6.45) is 0. The second kappa shape index (κ2) is 12.5. The first-order valence-corrected chi connectivity index (χ1v) is 18.4. The Morgan fingerprint density at radius 3 is 1.95 bits per heavy atom. The van der Waals surface area contributed by atoms with Crippen LogP contribution in [0.5, 0.6) is 0 Å². The molecule has 258 valence electrons. The van der Waals surface area contributed by atoms with Crippen molar-refractivity contribution < 1.29 is 14.0 Å². The fourth-order valence-corrected chi connectivity index (χ4v) is 8.65. The average Bonchev–Trinajstić information content (AvgIpc) is 3.83. The van der Waals surface area contributed by atoms with Crippen LogP contribution in [-0.4, -0.2) is 0 Å². The van der Waals surface area contributed by atoms with E-state index in [0.29, 0.717) is 5.58 Å². The first-order chi connectivity index (χ1) is 30.2. The van der Waals surface area contributed by atoms with E-state index in [1.807, 2.05) is 91.0 Å². The molecule has 0 radical (unpaired) electrons. The molecular formula is C53H35NO. The van der Waals surface area contributed by atoms with Gasteiger partial charge in [-0.1, -0.05) is 158 Å². The van der Waals surface area contributed by atoms with E-state index in [1.165, 1.54) is 0 Å². The van der Waals surface area contributed by atoms with Gasteiger partial charge in [0.05, 0.1) is 15.0 Å². The largest absolute Gasteiger partial charge is 0.456 e. The highest BCUT2D eigenvalue weighted by Gasteiger charge is 2.47. The van der Waals surface area contributed by atoms with Crippen molar-refractivity contribution in [2.24, 2.45) is 0 Å². The van der Waals surface area contributed by atoms with Gasteiger partial charge in [0, 0.05) is 27.8 Å². The zero-order valence-electron chi connectivity index (χ0n) is 36.5. The van der Waals surface area contributed by atoms with Gasteiger partial charge in [-0.3, -0.25) is 0 Å². The Bertz CT molecular complexity index is 3430. The molecule has 10 aromatic rings.